The second-order valence-electron chi connectivity index (χ2n) is 4.49. The Morgan fingerprint density at radius 1 is 1.05 bits per heavy atom. The first kappa shape index (κ1) is 14.2. The molecule has 2 aromatic heterocycles. The lowest BCUT2D eigenvalue weighted by atomic mass is 10.1. The molecule has 0 atom stereocenters. The average Bonchev–Trinajstić information content (AvgIpc) is 2.49. The molecule has 2 heterocycles. The molecule has 0 aliphatic carbocycles. The van der Waals surface area contributed by atoms with Crippen molar-refractivity contribution in [2.75, 3.05) is 19.0 Å². The number of hydrogen-bond acceptors (Lipinski definition) is 6. The van der Waals surface area contributed by atoms with Crippen LogP contribution in [0.2, 0.25) is 0 Å². The Labute approximate surface area is 118 Å². The standard InChI is InChI=1S/C14H19N5O/c1-5-6-16-13-10(3)9(2)11(18-19-13)12-14(20-4)17-8-7-15-12/h7-8H,5-6H2,1-4H3,(H,16,19). The summed E-state index contributed by atoms with van der Waals surface area (Å²) in [4.78, 5) is 8.45. The van der Waals surface area contributed by atoms with Gasteiger partial charge in [-0.25, -0.2) is 9.97 Å². The van der Waals surface area contributed by atoms with Crippen LogP contribution < -0.4 is 10.1 Å². The van der Waals surface area contributed by atoms with E-state index in [0.717, 1.165) is 29.9 Å². The highest BCUT2D eigenvalue weighted by molar-refractivity contribution is 5.66. The van der Waals surface area contributed by atoms with E-state index in [4.69, 9.17) is 4.74 Å². The van der Waals surface area contributed by atoms with Gasteiger partial charge in [0.15, 0.2) is 11.5 Å². The molecule has 0 aliphatic rings. The fourth-order valence-electron chi connectivity index (χ4n) is 1.88. The van der Waals surface area contributed by atoms with Gasteiger partial charge in [-0.2, -0.15) is 0 Å². The van der Waals surface area contributed by atoms with E-state index in [1.165, 1.54) is 0 Å². The summed E-state index contributed by atoms with van der Waals surface area (Å²) in [6.45, 7) is 7.02. The van der Waals surface area contributed by atoms with Crippen LogP contribution in [0.25, 0.3) is 11.4 Å². The van der Waals surface area contributed by atoms with Gasteiger partial charge >= 0.3 is 0 Å². The van der Waals surface area contributed by atoms with Crippen molar-refractivity contribution >= 4 is 5.82 Å². The smallest absolute Gasteiger partial charge is 0.242 e. The molecule has 0 saturated heterocycles. The van der Waals surface area contributed by atoms with Crippen molar-refractivity contribution in [3.05, 3.63) is 23.5 Å². The van der Waals surface area contributed by atoms with Crippen LogP contribution in [-0.4, -0.2) is 33.8 Å². The predicted octanol–water partition coefficient (Wildman–Crippen LogP) is 2.38. The molecule has 0 radical (unpaired) electrons. The zero-order valence-corrected chi connectivity index (χ0v) is 12.3. The van der Waals surface area contributed by atoms with E-state index in [0.29, 0.717) is 17.3 Å². The number of anilines is 1. The van der Waals surface area contributed by atoms with Crippen LogP contribution in [0.1, 0.15) is 24.5 Å². The molecule has 0 fully saturated rings. The predicted molar refractivity (Wildman–Crippen MR) is 77.9 cm³/mol. The van der Waals surface area contributed by atoms with Crippen molar-refractivity contribution in [1.29, 1.82) is 0 Å². The fraction of sp³-hybridized carbons (Fsp3) is 0.429. The van der Waals surface area contributed by atoms with E-state index in [2.05, 4.69) is 32.4 Å². The fourth-order valence-corrected chi connectivity index (χ4v) is 1.88. The molecule has 2 aromatic rings. The van der Waals surface area contributed by atoms with Gasteiger partial charge in [0.25, 0.3) is 0 Å². The Bertz CT molecular complexity index is 600. The number of methoxy groups -OCH3 is 1. The van der Waals surface area contributed by atoms with Gasteiger partial charge < -0.3 is 10.1 Å². The molecule has 6 nitrogen and oxygen atoms in total. The quantitative estimate of drug-likeness (QED) is 0.901. The monoisotopic (exact) mass is 273 g/mol. The maximum Gasteiger partial charge on any atom is 0.242 e. The molecule has 0 bridgehead atoms. The van der Waals surface area contributed by atoms with Crippen LogP contribution in [0.15, 0.2) is 12.4 Å². The molecule has 0 aromatic carbocycles. The van der Waals surface area contributed by atoms with Gasteiger partial charge in [0.1, 0.15) is 5.69 Å². The van der Waals surface area contributed by atoms with E-state index in [-0.39, 0.29) is 0 Å². The van der Waals surface area contributed by atoms with E-state index in [9.17, 15) is 0 Å². The van der Waals surface area contributed by atoms with Crippen LogP contribution in [0, 0.1) is 13.8 Å². The number of hydrogen-bond donors (Lipinski definition) is 1. The molecule has 6 heteroatoms. The maximum absolute atomic E-state index is 5.23. The molecule has 0 saturated carbocycles. The number of ether oxygens (including phenoxy) is 1. The second kappa shape index (κ2) is 6.27. The largest absolute Gasteiger partial charge is 0.479 e. The third-order valence-corrected chi connectivity index (χ3v) is 3.15. The molecular formula is C14H19N5O. The van der Waals surface area contributed by atoms with Gasteiger partial charge in [0, 0.05) is 18.9 Å². The summed E-state index contributed by atoms with van der Waals surface area (Å²) in [7, 11) is 1.57. The van der Waals surface area contributed by atoms with Crippen molar-refractivity contribution < 1.29 is 4.74 Å². The van der Waals surface area contributed by atoms with E-state index >= 15 is 0 Å². The van der Waals surface area contributed by atoms with Crippen LogP contribution in [0.4, 0.5) is 5.82 Å². The van der Waals surface area contributed by atoms with Crippen LogP contribution in [-0.2, 0) is 0 Å². The lowest BCUT2D eigenvalue weighted by Gasteiger charge is -2.12. The van der Waals surface area contributed by atoms with Crippen molar-refractivity contribution in [1.82, 2.24) is 20.2 Å². The summed E-state index contributed by atoms with van der Waals surface area (Å²) in [5.41, 5.74) is 3.41. The van der Waals surface area contributed by atoms with Crippen molar-refractivity contribution in [3.63, 3.8) is 0 Å². The SMILES string of the molecule is CCCNc1nnc(-c2nccnc2OC)c(C)c1C. The zero-order valence-electron chi connectivity index (χ0n) is 12.3. The van der Waals surface area contributed by atoms with Gasteiger partial charge in [0.2, 0.25) is 5.88 Å². The third kappa shape index (κ3) is 2.68. The third-order valence-electron chi connectivity index (χ3n) is 3.15. The first-order valence-corrected chi connectivity index (χ1v) is 6.62. The lowest BCUT2D eigenvalue weighted by molar-refractivity contribution is 0.397. The Morgan fingerprint density at radius 3 is 2.50 bits per heavy atom. The lowest BCUT2D eigenvalue weighted by Crippen LogP contribution is -2.08. The van der Waals surface area contributed by atoms with Gasteiger partial charge in [0.05, 0.1) is 7.11 Å². The Kier molecular flexibility index (Phi) is 4.45. The minimum atomic E-state index is 0.457. The summed E-state index contributed by atoms with van der Waals surface area (Å²) in [6, 6.07) is 0. The van der Waals surface area contributed by atoms with E-state index in [1.54, 1.807) is 19.5 Å². The molecule has 0 unspecified atom stereocenters. The highest BCUT2D eigenvalue weighted by Crippen LogP contribution is 2.29. The van der Waals surface area contributed by atoms with Gasteiger partial charge in [-0.3, -0.25) is 0 Å². The second-order valence-corrected chi connectivity index (χ2v) is 4.49. The van der Waals surface area contributed by atoms with Crippen LogP contribution in [0.5, 0.6) is 5.88 Å². The van der Waals surface area contributed by atoms with Crippen molar-refractivity contribution in [2.24, 2.45) is 0 Å². The zero-order chi connectivity index (χ0) is 14.5. The Hall–Kier alpha value is -2.24. The minimum Gasteiger partial charge on any atom is -0.479 e. The van der Waals surface area contributed by atoms with Gasteiger partial charge in [-0.05, 0) is 31.4 Å². The first-order chi connectivity index (χ1) is 9.69. The highest BCUT2D eigenvalue weighted by atomic mass is 16.5. The molecule has 0 spiro atoms. The molecule has 106 valence electrons. The molecular weight excluding hydrogens is 254 g/mol. The normalized spacial score (nSPS) is 10.4. The highest BCUT2D eigenvalue weighted by Gasteiger charge is 2.16. The maximum atomic E-state index is 5.23. The Morgan fingerprint density at radius 2 is 1.80 bits per heavy atom. The summed E-state index contributed by atoms with van der Waals surface area (Å²) in [5, 5.41) is 11.8. The summed E-state index contributed by atoms with van der Waals surface area (Å²) < 4.78 is 5.23. The summed E-state index contributed by atoms with van der Waals surface area (Å²) >= 11 is 0. The molecule has 0 aliphatic heterocycles. The molecule has 1 N–H and O–H groups in total. The number of nitrogens with one attached hydrogen (secondary N) is 1. The first-order valence-electron chi connectivity index (χ1n) is 6.62. The molecule has 20 heavy (non-hydrogen) atoms. The molecule has 0 amide bonds. The average molecular weight is 273 g/mol. The summed E-state index contributed by atoms with van der Waals surface area (Å²) in [6.07, 6.45) is 4.26. The minimum absolute atomic E-state index is 0.457. The van der Waals surface area contributed by atoms with Gasteiger partial charge in [-0.1, -0.05) is 6.92 Å². The molecule has 2 rings (SSSR count). The number of nitrogens with zero attached hydrogens (tertiary/aromatic N) is 4. The van der Waals surface area contributed by atoms with E-state index in [1.807, 2.05) is 13.8 Å². The Balaban J connectivity index is 2.46. The van der Waals surface area contributed by atoms with Gasteiger partial charge in [-0.15, -0.1) is 10.2 Å². The van der Waals surface area contributed by atoms with Crippen LogP contribution >= 0.6 is 0 Å². The number of rotatable bonds is 5. The number of aromatic nitrogens is 4. The van der Waals surface area contributed by atoms with E-state index < -0.39 is 0 Å². The van der Waals surface area contributed by atoms with Crippen LogP contribution in [0.3, 0.4) is 0 Å². The topological polar surface area (TPSA) is 72.8 Å². The van der Waals surface area contributed by atoms with Crippen molar-refractivity contribution in [2.45, 2.75) is 27.2 Å². The van der Waals surface area contributed by atoms with Crippen molar-refractivity contribution in [3.8, 4) is 17.3 Å². The summed E-state index contributed by atoms with van der Waals surface area (Å²) in [5.74, 6) is 1.27.